The van der Waals surface area contributed by atoms with E-state index in [1.54, 1.807) is 0 Å². The summed E-state index contributed by atoms with van der Waals surface area (Å²) in [5.41, 5.74) is 0.748. The minimum absolute atomic E-state index is 0.0509. The number of benzene rings is 2. The topological polar surface area (TPSA) is 69.0 Å². The Bertz CT molecular complexity index is 995. The number of hydrogen-bond donors (Lipinski definition) is 1. The van der Waals surface area contributed by atoms with E-state index in [-0.39, 0.29) is 5.91 Å². The highest BCUT2D eigenvalue weighted by atomic mass is 32.2. The molecular weight excluding hydrogens is 384 g/mol. The Morgan fingerprint density at radius 1 is 1.00 bits per heavy atom. The van der Waals surface area contributed by atoms with Crippen LogP contribution in [0.15, 0.2) is 59.8 Å². The van der Waals surface area contributed by atoms with Gasteiger partial charge in [-0.15, -0.1) is 10.2 Å². The number of anilines is 1. The van der Waals surface area contributed by atoms with Gasteiger partial charge in [0.15, 0.2) is 5.16 Å². The van der Waals surface area contributed by atoms with Crippen molar-refractivity contribution in [3.05, 3.63) is 60.4 Å². The smallest absolute Gasteiger partial charge is 0.234 e. The first-order chi connectivity index (χ1) is 14.3. The molecule has 1 N–H and O–H groups in total. The average Bonchev–Trinajstić information content (AvgIpc) is 3.67. The van der Waals surface area contributed by atoms with E-state index in [0.29, 0.717) is 17.7 Å². The van der Waals surface area contributed by atoms with Gasteiger partial charge in [0.25, 0.3) is 0 Å². The maximum absolute atomic E-state index is 12.4. The van der Waals surface area contributed by atoms with Crippen molar-refractivity contribution in [2.75, 3.05) is 11.1 Å². The summed E-state index contributed by atoms with van der Waals surface area (Å²) in [4.78, 5) is 12.4. The molecule has 2 aromatic carbocycles. The van der Waals surface area contributed by atoms with Crippen molar-refractivity contribution in [1.29, 1.82) is 0 Å². The van der Waals surface area contributed by atoms with Crippen molar-refractivity contribution >= 4 is 23.4 Å². The van der Waals surface area contributed by atoms with Gasteiger partial charge < -0.3 is 14.6 Å². The van der Waals surface area contributed by atoms with Crippen molar-refractivity contribution in [3.63, 3.8) is 0 Å². The minimum Gasteiger partial charge on any atom is -0.457 e. The number of para-hydroxylation sites is 1. The monoisotopic (exact) mass is 406 g/mol. The molecule has 2 aliphatic carbocycles. The molecule has 0 radical (unpaired) electrons. The average molecular weight is 407 g/mol. The zero-order chi connectivity index (χ0) is 19.6. The first kappa shape index (κ1) is 18.2. The second kappa shape index (κ2) is 7.91. The van der Waals surface area contributed by atoms with Crippen LogP contribution in [0.2, 0.25) is 0 Å². The molecule has 29 heavy (non-hydrogen) atoms. The number of aromatic nitrogens is 3. The minimum atomic E-state index is -0.0509. The van der Waals surface area contributed by atoms with E-state index in [0.717, 1.165) is 28.2 Å². The fourth-order valence-electron chi connectivity index (χ4n) is 3.24. The molecule has 1 heterocycles. The predicted molar refractivity (Wildman–Crippen MR) is 113 cm³/mol. The standard InChI is InChI=1S/C22H22N4O2S/c27-20(14-29-22-25-24-21(15-6-7-15)26(22)17-10-11-17)23-16-8-12-19(13-9-16)28-18-4-2-1-3-5-18/h1-5,8-9,12-13,15,17H,6-7,10-11,14H2,(H,23,27). The molecule has 2 saturated carbocycles. The lowest BCUT2D eigenvalue weighted by molar-refractivity contribution is -0.113. The number of carbonyl (C=O) groups is 1. The van der Waals surface area contributed by atoms with Crippen LogP contribution in [0, 0.1) is 0 Å². The van der Waals surface area contributed by atoms with Gasteiger partial charge in [-0.05, 0) is 62.1 Å². The SMILES string of the molecule is O=C(CSc1nnc(C2CC2)n1C1CC1)Nc1ccc(Oc2ccccc2)cc1. The molecule has 0 unspecified atom stereocenters. The van der Waals surface area contributed by atoms with Crippen molar-refractivity contribution in [2.24, 2.45) is 0 Å². The first-order valence-electron chi connectivity index (χ1n) is 9.97. The Morgan fingerprint density at radius 2 is 1.72 bits per heavy atom. The number of thioether (sulfide) groups is 1. The van der Waals surface area contributed by atoms with Crippen molar-refractivity contribution in [1.82, 2.24) is 14.8 Å². The van der Waals surface area contributed by atoms with E-state index in [4.69, 9.17) is 4.74 Å². The Hall–Kier alpha value is -2.80. The van der Waals surface area contributed by atoms with Crippen molar-refractivity contribution in [3.8, 4) is 11.5 Å². The van der Waals surface area contributed by atoms with Crippen LogP contribution < -0.4 is 10.1 Å². The van der Waals surface area contributed by atoms with E-state index in [1.807, 2.05) is 54.6 Å². The lowest BCUT2D eigenvalue weighted by atomic mass is 10.3. The molecule has 0 bridgehead atoms. The number of nitrogens with zero attached hydrogens (tertiary/aromatic N) is 3. The van der Waals surface area contributed by atoms with Gasteiger partial charge in [0.05, 0.1) is 5.75 Å². The summed E-state index contributed by atoms with van der Waals surface area (Å²) in [5, 5.41) is 12.5. The number of ether oxygens (including phenoxy) is 1. The molecule has 0 spiro atoms. The number of amides is 1. The van der Waals surface area contributed by atoms with Gasteiger partial charge in [-0.2, -0.15) is 0 Å². The molecule has 148 valence electrons. The first-order valence-corrected chi connectivity index (χ1v) is 11.0. The fraction of sp³-hybridized carbons (Fsp3) is 0.318. The third kappa shape index (κ3) is 4.45. The molecule has 6 nitrogen and oxygen atoms in total. The van der Waals surface area contributed by atoms with Crippen LogP contribution in [0.25, 0.3) is 0 Å². The van der Waals surface area contributed by atoms with E-state index in [1.165, 1.54) is 37.4 Å². The number of nitrogens with one attached hydrogen (secondary N) is 1. The van der Waals surface area contributed by atoms with Crippen LogP contribution in [-0.2, 0) is 4.79 Å². The zero-order valence-electron chi connectivity index (χ0n) is 16.0. The van der Waals surface area contributed by atoms with Crippen LogP contribution in [0.5, 0.6) is 11.5 Å². The predicted octanol–water partition coefficient (Wildman–Crippen LogP) is 5.01. The third-order valence-electron chi connectivity index (χ3n) is 4.99. The molecule has 1 amide bonds. The summed E-state index contributed by atoms with van der Waals surface area (Å²) in [5.74, 6) is 3.47. The quantitative estimate of drug-likeness (QED) is 0.532. The molecule has 3 aromatic rings. The van der Waals surface area contributed by atoms with Gasteiger partial charge in [0, 0.05) is 17.6 Å². The van der Waals surface area contributed by atoms with E-state index in [2.05, 4.69) is 20.1 Å². The zero-order valence-corrected chi connectivity index (χ0v) is 16.8. The van der Waals surface area contributed by atoms with Gasteiger partial charge in [0.2, 0.25) is 5.91 Å². The lowest BCUT2D eigenvalue weighted by Gasteiger charge is -2.09. The Balaban J connectivity index is 1.16. The van der Waals surface area contributed by atoms with Gasteiger partial charge in [-0.1, -0.05) is 30.0 Å². The summed E-state index contributed by atoms with van der Waals surface area (Å²) in [6.45, 7) is 0. The normalized spacial score (nSPS) is 15.9. The van der Waals surface area contributed by atoms with Crippen LogP contribution in [0.4, 0.5) is 5.69 Å². The summed E-state index contributed by atoms with van der Waals surface area (Å²) in [6, 6.07) is 17.5. The molecular formula is C22H22N4O2S. The lowest BCUT2D eigenvalue weighted by Crippen LogP contribution is -2.14. The van der Waals surface area contributed by atoms with Gasteiger partial charge in [0.1, 0.15) is 17.3 Å². The molecule has 0 aliphatic heterocycles. The molecule has 7 heteroatoms. The van der Waals surface area contributed by atoms with Crippen molar-refractivity contribution in [2.45, 2.75) is 42.8 Å². The summed E-state index contributed by atoms with van der Waals surface area (Å²) < 4.78 is 8.05. The number of carbonyl (C=O) groups excluding carboxylic acids is 1. The van der Waals surface area contributed by atoms with Crippen LogP contribution in [-0.4, -0.2) is 26.4 Å². The van der Waals surface area contributed by atoms with Crippen LogP contribution in [0.3, 0.4) is 0 Å². The summed E-state index contributed by atoms with van der Waals surface area (Å²) >= 11 is 1.47. The molecule has 2 fully saturated rings. The second-order valence-corrected chi connectivity index (χ2v) is 8.44. The summed E-state index contributed by atoms with van der Waals surface area (Å²) in [7, 11) is 0. The highest BCUT2D eigenvalue weighted by Crippen LogP contribution is 2.46. The largest absolute Gasteiger partial charge is 0.457 e. The van der Waals surface area contributed by atoms with Crippen LogP contribution in [0.1, 0.15) is 43.5 Å². The maximum atomic E-state index is 12.4. The Morgan fingerprint density at radius 3 is 2.41 bits per heavy atom. The third-order valence-corrected chi connectivity index (χ3v) is 5.94. The highest BCUT2D eigenvalue weighted by molar-refractivity contribution is 7.99. The maximum Gasteiger partial charge on any atom is 0.234 e. The second-order valence-electron chi connectivity index (χ2n) is 7.49. The Kier molecular flexibility index (Phi) is 4.97. The molecule has 0 atom stereocenters. The number of rotatable bonds is 8. The van der Waals surface area contributed by atoms with Gasteiger partial charge >= 0.3 is 0 Å². The van der Waals surface area contributed by atoms with E-state index < -0.39 is 0 Å². The van der Waals surface area contributed by atoms with E-state index in [9.17, 15) is 4.79 Å². The summed E-state index contributed by atoms with van der Waals surface area (Å²) in [6.07, 6.45) is 4.80. The van der Waals surface area contributed by atoms with Gasteiger partial charge in [-0.3, -0.25) is 4.79 Å². The molecule has 1 aromatic heterocycles. The van der Waals surface area contributed by atoms with Gasteiger partial charge in [-0.25, -0.2) is 0 Å². The molecule has 2 aliphatic rings. The number of hydrogen-bond acceptors (Lipinski definition) is 5. The molecule has 0 saturated heterocycles. The van der Waals surface area contributed by atoms with Crippen molar-refractivity contribution < 1.29 is 9.53 Å². The Labute approximate surface area is 173 Å². The fourth-order valence-corrected chi connectivity index (χ4v) is 4.05. The highest BCUT2D eigenvalue weighted by Gasteiger charge is 2.36. The van der Waals surface area contributed by atoms with Crippen LogP contribution >= 0.6 is 11.8 Å². The molecule has 5 rings (SSSR count). The van der Waals surface area contributed by atoms with E-state index >= 15 is 0 Å².